The molecular weight excluding hydrogens is 264 g/mol. The maximum Gasteiger partial charge on any atom is 0.407 e. The van der Waals surface area contributed by atoms with Gasteiger partial charge in [-0.3, -0.25) is 0 Å². The third kappa shape index (κ3) is 5.66. The molecule has 0 bridgehead atoms. The van der Waals surface area contributed by atoms with Crippen LogP contribution in [0.15, 0.2) is 30.3 Å². The molecule has 116 valence electrons. The van der Waals surface area contributed by atoms with Crippen molar-refractivity contribution in [3.8, 4) is 0 Å². The van der Waals surface area contributed by atoms with Gasteiger partial charge in [0.1, 0.15) is 5.60 Å². The van der Waals surface area contributed by atoms with Gasteiger partial charge in [0.25, 0.3) is 0 Å². The zero-order valence-electron chi connectivity index (χ0n) is 13.2. The van der Waals surface area contributed by atoms with Crippen LogP contribution in [-0.2, 0) is 4.74 Å². The summed E-state index contributed by atoms with van der Waals surface area (Å²) in [6.45, 7) is 6.31. The highest BCUT2D eigenvalue weighted by atomic mass is 16.6. The number of para-hydroxylation sites is 1. The van der Waals surface area contributed by atoms with Crippen LogP contribution in [0.4, 0.5) is 10.5 Å². The van der Waals surface area contributed by atoms with Crippen LogP contribution in [0.2, 0.25) is 0 Å². The van der Waals surface area contributed by atoms with Crippen LogP contribution >= 0.6 is 0 Å². The van der Waals surface area contributed by atoms with E-state index in [1.54, 1.807) is 0 Å². The first kappa shape index (κ1) is 15.7. The number of alkyl carbamates (subject to hydrolysis) is 1. The molecule has 2 rings (SSSR count). The Morgan fingerprint density at radius 1 is 1.24 bits per heavy atom. The second kappa shape index (κ2) is 6.83. The minimum atomic E-state index is -0.425. The molecule has 0 aliphatic heterocycles. The number of rotatable bonds is 5. The lowest BCUT2D eigenvalue weighted by atomic mass is 9.78. The molecule has 0 saturated heterocycles. The highest BCUT2D eigenvalue weighted by Crippen LogP contribution is 2.32. The fourth-order valence-electron chi connectivity index (χ4n) is 2.55. The van der Waals surface area contributed by atoms with E-state index in [0.29, 0.717) is 18.5 Å². The molecule has 0 unspecified atom stereocenters. The van der Waals surface area contributed by atoms with Crippen LogP contribution in [0, 0.1) is 5.92 Å². The summed E-state index contributed by atoms with van der Waals surface area (Å²) in [5.41, 5.74) is 0.762. The van der Waals surface area contributed by atoms with E-state index in [2.05, 4.69) is 22.8 Å². The minimum absolute atomic E-state index is 0.319. The molecule has 21 heavy (non-hydrogen) atoms. The van der Waals surface area contributed by atoms with Gasteiger partial charge in [-0.05, 0) is 58.1 Å². The molecule has 0 aromatic heterocycles. The highest BCUT2D eigenvalue weighted by Gasteiger charge is 2.28. The maximum atomic E-state index is 11.5. The van der Waals surface area contributed by atoms with Gasteiger partial charge in [-0.2, -0.15) is 0 Å². The lowest BCUT2D eigenvalue weighted by Gasteiger charge is -2.36. The molecule has 4 nitrogen and oxygen atoms in total. The quantitative estimate of drug-likeness (QED) is 0.867. The Morgan fingerprint density at radius 2 is 1.90 bits per heavy atom. The van der Waals surface area contributed by atoms with Crippen molar-refractivity contribution in [3.05, 3.63) is 30.3 Å². The molecular formula is C17H26N2O2. The molecule has 0 heterocycles. The summed E-state index contributed by atoms with van der Waals surface area (Å²) in [5, 5.41) is 6.35. The summed E-state index contributed by atoms with van der Waals surface area (Å²) in [7, 11) is 0. The summed E-state index contributed by atoms with van der Waals surface area (Å²) in [6.07, 6.45) is 3.04. The zero-order valence-corrected chi connectivity index (χ0v) is 13.2. The van der Waals surface area contributed by atoms with E-state index in [1.165, 1.54) is 18.5 Å². The second-order valence-corrected chi connectivity index (χ2v) is 6.76. The number of carbonyl (C=O) groups is 1. The van der Waals surface area contributed by atoms with Crippen LogP contribution in [0.1, 0.15) is 40.0 Å². The number of benzene rings is 1. The van der Waals surface area contributed by atoms with Gasteiger partial charge in [0.05, 0.1) is 0 Å². The lowest BCUT2D eigenvalue weighted by molar-refractivity contribution is 0.0522. The molecule has 1 aliphatic carbocycles. The number of carbonyl (C=O) groups excluding carboxylic acids is 1. The van der Waals surface area contributed by atoms with Gasteiger partial charge in [0, 0.05) is 18.3 Å². The van der Waals surface area contributed by atoms with Crippen LogP contribution in [0.5, 0.6) is 0 Å². The molecule has 4 heteroatoms. The normalized spacial score (nSPS) is 21.3. The third-order valence-corrected chi connectivity index (χ3v) is 3.60. The van der Waals surface area contributed by atoms with E-state index in [9.17, 15) is 4.79 Å². The van der Waals surface area contributed by atoms with Gasteiger partial charge in [-0.15, -0.1) is 0 Å². The van der Waals surface area contributed by atoms with E-state index >= 15 is 0 Å². The largest absolute Gasteiger partial charge is 0.444 e. The summed E-state index contributed by atoms with van der Waals surface area (Å²) in [6, 6.07) is 10.9. The predicted octanol–water partition coefficient (Wildman–Crippen LogP) is 3.79. The Bertz CT molecular complexity index is 448. The van der Waals surface area contributed by atoms with Crippen molar-refractivity contribution in [2.75, 3.05) is 11.9 Å². The Labute approximate surface area is 127 Å². The summed E-state index contributed by atoms with van der Waals surface area (Å²) in [5.74, 6) is 0.696. The third-order valence-electron chi connectivity index (χ3n) is 3.60. The van der Waals surface area contributed by atoms with Crippen molar-refractivity contribution in [2.45, 2.75) is 51.7 Å². The Kier molecular flexibility index (Phi) is 5.10. The number of hydrogen-bond acceptors (Lipinski definition) is 3. The monoisotopic (exact) mass is 290 g/mol. The van der Waals surface area contributed by atoms with Crippen LogP contribution in [0.25, 0.3) is 0 Å². The first-order valence-corrected chi connectivity index (χ1v) is 7.71. The topological polar surface area (TPSA) is 50.4 Å². The summed E-state index contributed by atoms with van der Waals surface area (Å²) < 4.78 is 5.21. The van der Waals surface area contributed by atoms with Crippen molar-refractivity contribution in [1.82, 2.24) is 5.32 Å². The van der Waals surface area contributed by atoms with E-state index in [4.69, 9.17) is 4.74 Å². The first-order chi connectivity index (χ1) is 9.92. The lowest BCUT2D eigenvalue weighted by Crippen LogP contribution is -2.38. The first-order valence-electron chi connectivity index (χ1n) is 7.71. The highest BCUT2D eigenvalue weighted by molar-refractivity contribution is 5.67. The molecule has 2 N–H and O–H groups in total. The van der Waals surface area contributed by atoms with Crippen molar-refractivity contribution in [2.24, 2.45) is 5.92 Å². The SMILES string of the molecule is CC(C)(C)OC(=O)NCCC1CC(Nc2ccccc2)C1. The van der Waals surface area contributed by atoms with E-state index in [-0.39, 0.29) is 6.09 Å². The summed E-state index contributed by atoms with van der Waals surface area (Å²) in [4.78, 5) is 11.5. The van der Waals surface area contributed by atoms with Crippen molar-refractivity contribution >= 4 is 11.8 Å². The Balaban J connectivity index is 1.56. The van der Waals surface area contributed by atoms with Gasteiger partial charge < -0.3 is 15.4 Å². The zero-order chi connectivity index (χ0) is 15.3. The molecule has 1 amide bonds. The van der Waals surface area contributed by atoms with Gasteiger partial charge in [0.15, 0.2) is 0 Å². The average molecular weight is 290 g/mol. The molecule has 1 aromatic carbocycles. The fraction of sp³-hybridized carbons (Fsp3) is 0.588. The number of hydrogen-bond donors (Lipinski definition) is 2. The molecule has 0 radical (unpaired) electrons. The maximum absolute atomic E-state index is 11.5. The number of nitrogens with one attached hydrogen (secondary N) is 2. The number of amides is 1. The van der Waals surface area contributed by atoms with Gasteiger partial charge in [0.2, 0.25) is 0 Å². The molecule has 1 aromatic rings. The van der Waals surface area contributed by atoms with Crippen molar-refractivity contribution < 1.29 is 9.53 Å². The summed E-state index contributed by atoms with van der Waals surface area (Å²) >= 11 is 0. The van der Waals surface area contributed by atoms with Crippen LogP contribution in [0.3, 0.4) is 0 Å². The van der Waals surface area contributed by atoms with Gasteiger partial charge in [-0.25, -0.2) is 4.79 Å². The van der Waals surface area contributed by atoms with E-state index < -0.39 is 5.60 Å². The predicted molar refractivity (Wildman–Crippen MR) is 85.4 cm³/mol. The molecule has 1 fully saturated rings. The molecule has 0 spiro atoms. The van der Waals surface area contributed by atoms with Crippen LogP contribution < -0.4 is 10.6 Å². The number of ether oxygens (including phenoxy) is 1. The number of anilines is 1. The van der Waals surface area contributed by atoms with Gasteiger partial charge >= 0.3 is 6.09 Å². The van der Waals surface area contributed by atoms with Crippen molar-refractivity contribution in [3.63, 3.8) is 0 Å². The molecule has 1 aliphatic rings. The van der Waals surface area contributed by atoms with Crippen molar-refractivity contribution in [1.29, 1.82) is 0 Å². The van der Waals surface area contributed by atoms with Crippen LogP contribution in [-0.4, -0.2) is 24.3 Å². The van der Waals surface area contributed by atoms with E-state index in [1.807, 2.05) is 39.0 Å². The smallest absolute Gasteiger partial charge is 0.407 e. The van der Waals surface area contributed by atoms with E-state index in [0.717, 1.165) is 6.42 Å². The fourth-order valence-corrected chi connectivity index (χ4v) is 2.55. The van der Waals surface area contributed by atoms with Gasteiger partial charge in [-0.1, -0.05) is 18.2 Å². The second-order valence-electron chi connectivity index (χ2n) is 6.76. The Morgan fingerprint density at radius 3 is 2.52 bits per heavy atom. The average Bonchev–Trinajstić information content (AvgIpc) is 2.34. The standard InChI is InChI=1S/C17H26N2O2/c1-17(2,3)21-16(20)18-10-9-13-11-15(12-13)19-14-7-5-4-6-8-14/h4-8,13,15,19H,9-12H2,1-3H3,(H,18,20). The molecule has 0 atom stereocenters. The molecule has 1 saturated carbocycles. The Hall–Kier alpha value is -1.71. The minimum Gasteiger partial charge on any atom is -0.444 e.